The van der Waals surface area contributed by atoms with E-state index in [1.807, 2.05) is 6.92 Å². The van der Waals surface area contributed by atoms with Crippen molar-refractivity contribution in [3.8, 4) is 11.5 Å². The number of methoxy groups -OCH3 is 2. The largest absolute Gasteiger partial charge is 0.493 e. The summed E-state index contributed by atoms with van der Waals surface area (Å²) < 4.78 is 42.9. The van der Waals surface area contributed by atoms with Gasteiger partial charge in [-0.2, -0.15) is 0 Å². The van der Waals surface area contributed by atoms with Gasteiger partial charge in [-0.15, -0.1) is 0 Å². The molecule has 0 unspecified atom stereocenters. The molecule has 8 nitrogen and oxygen atoms in total. The Morgan fingerprint density at radius 1 is 1.03 bits per heavy atom. The molecular formula is C21H22N2O6S. The van der Waals surface area contributed by atoms with Crippen molar-refractivity contribution in [2.75, 3.05) is 19.5 Å². The van der Waals surface area contributed by atoms with Gasteiger partial charge in [-0.05, 0) is 55.0 Å². The van der Waals surface area contributed by atoms with Crippen molar-refractivity contribution < 1.29 is 27.1 Å². The van der Waals surface area contributed by atoms with Gasteiger partial charge < -0.3 is 19.2 Å². The van der Waals surface area contributed by atoms with Gasteiger partial charge in [0.1, 0.15) is 5.76 Å². The molecule has 3 aromatic rings. The molecule has 0 saturated carbocycles. The van der Waals surface area contributed by atoms with Crippen molar-refractivity contribution in [3.05, 3.63) is 71.7 Å². The van der Waals surface area contributed by atoms with Gasteiger partial charge >= 0.3 is 0 Å². The number of benzene rings is 2. The summed E-state index contributed by atoms with van der Waals surface area (Å²) in [6.45, 7) is 1.87. The van der Waals surface area contributed by atoms with Gasteiger partial charge in [0.15, 0.2) is 11.5 Å². The molecule has 1 aromatic heterocycles. The Balaban J connectivity index is 1.72. The number of carbonyl (C=O) groups is 1. The molecule has 0 aliphatic carbocycles. The lowest BCUT2D eigenvalue weighted by Gasteiger charge is -2.14. The number of hydrogen-bond acceptors (Lipinski definition) is 6. The molecule has 158 valence electrons. The number of ether oxygens (including phenoxy) is 2. The van der Waals surface area contributed by atoms with Crippen LogP contribution in [0.15, 0.2) is 64.1 Å². The molecule has 0 radical (unpaired) electrons. The van der Waals surface area contributed by atoms with Gasteiger partial charge in [0.25, 0.3) is 5.91 Å². The molecular weight excluding hydrogens is 408 g/mol. The van der Waals surface area contributed by atoms with Crippen molar-refractivity contribution in [1.29, 1.82) is 0 Å². The molecule has 1 heterocycles. The number of aryl methyl sites for hydroxylation is 1. The van der Waals surface area contributed by atoms with Gasteiger partial charge in [0, 0.05) is 17.3 Å². The van der Waals surface area contributed by atoms with E-state index < -0.39 is 10.0 Å². The number of rotatable bonds is 8. The number of nitrogens with one attached hydrogen (secondary N) is 2. The summed E-state index contributed by atoms with van der Waals surface area (Å²) in [6.07, 6.45) is 1.47. The van der Waals surface area contributed by atoms with E-state index in [0.717, 1.165) is 5.56 Å². The predicted octanol–water partition coefficient (Wildman–Crippen LogP) is 3.34. The maximum Gasteiger partial charge on any atom is 0.255 e. The second-order valence-corrected chi connectivity index (χ2v) is 8.17. The first kappa shape index (κ1) is 21.4. The summed E-state index contributed by atoms with van der Waals surface area (Å²) in [6, 6.07) is 12.4. The number of amides is 1. The highest BCUT2D eigenvalue weighted by molar-refractivity contribution is 7.89. The second-order valence-electron chi connectivity index (χ2n) is 6.40. The minimum absolute atomic E-state index is 0.0378. The van der Waals surface area contributed by atoms with Gasteiger partial charge in [-0.3, -0.25) is 4.79 Å². The summed E-state index contributed by atoms with van der Waals surface area (Å²) in [7, 11) is -0.685. The first-order valence-corrected chi connectivity index (χ1v) is 10.5. The molecule has 30 heavy (non-hydrogen) atoms. The van der Waals surface area contributed by atoms with Gasteiger partial charge in [0.2, 0.25) is 10.0 Å². The predicted molar refractivity (Wildman–Crippen MR) is 111 cm³/mol. The molecule has 0 aliphatic heterocycles. The molecule has 2 aromatic carbocycles. The van der Waals surface area contributed by atoms with Crippen LogP contribution < -0.4 is 19.5 Å². The number of furan rings is 1. The maximum atomic E-state index is 12.6. The maximum absolute atomic E-state index is 12.6. The fourth-order valence-corrected chi connectivity index (χ4v) is 3.75. The lowest BCUT2D eigenvalue weighted by Crippen LogP contribution is -2.23. The SMILES string of the molecule is COc1cc(C)c(NC(=O)c2ccc(S(=O)(=O)NCc3ccco3)cc2)cc1OC. The van der Waals surface area contributed by atoms with Crippen molar-refractivity contribution in [2.24, 2.45) is 0 Å². The topological polar surface area (TPSA) is 107 Å². The third kappa shape index (κ3) is 4.81. The standard InChI is InChI=1S/C21H22N2O6S/c1-14-11-19(27-2)20(28-3)12-18(14)23-21(24)15-6-8-17(9-7-15)30(25,26)22-13-16-5-4-10-29-16/h4-12,22H,13H2,1-3H3,(H,23,24). The summed E-state index contributed by atoms with van der Waals surface area (Å²) in [5.41, 5.74) is 1.67. The van der Waals surface area contributed by atoms with Crippen molar-refractivity contribution >= 4 is 21.6 Å². The molecule has 0 saturated heterocycles. The third-order valence-electron chi connectivity index (χ3n) is 4.42. The van der Waals surface area contributed by atoms with E-state index in [-0.39, 0.29) is 17.3 Å². The van der Waals surface area contributed by atoms with Crippen LogP contribution in [0.4, 0.5) is 5.69 Å². The Hall–Kier alpha value is -3.30. The molecule has 1 amide bonds. The van der Waals surface area contributed by atoms with Crippen LogP contribution in [0.1, 0.15) is 21.7 Å². The van der Waals surface area contributed by atoms with Crippen LogP contribution in [0.25, 0.3) is 0 Å². The molecule has 2 N–H and O–H groups in total. The lowest BCUT2D eigenvalue weighted by atomic mass is 10.1. The Morgan fingerprint density at radius 3 is 2.30 bits per heavy atom. The number of hydrogen-bond donors (Lipinski definition) is 2. The van der Waals surface area contributed by atoms with Crippen LogP contribution in [0.3, 0.4) is 0 Å². The van der Waals surface area contributed by atoms with E-state index in [0.29, 0.717) is 28.5 Å². The van der Waals surface area contributed by atoms with Crippen molar-refractivity contribution in [1.82, 2.24) is 4.72 Å². The summed E-state index contributed by atoms with van der Waals surface area (Å²) >= 11 is 0. The van der Waals surface area contributed by atoms with Crippen LogP contribution in [0.2, 0.25) is 0 Å². The van der Waals surface area contributed by atoms with E-state index >= 15 is 0 Å². The van der Waals surface area contributed by atoms with E-state index in [9.17, 15) is 13.2 Å². The van der Waals surface area contributed by atoms with Crippen LogP contribution in [0.5, 0.6) is 11.5 Å². The highest BCUT2D eigenvalue weighted by atomic mass is 32.2. The Kier molecular flexibility index (Phi) is 6.43. The van der Waals surface area contributed by atoms with Gasteiger partial charge in [-0.1, -0.05) is 0 Å². The molecule has 0 spiro atoms. The van der Waals surface area contributed by atoms with Gasteiger partial charge in [-0.25, -0.2) is 13.1 Å². The Morgan fingerprint density at radius 2 is 1.70 bits per heavy atom. The summed E-state index contributed by atoms with van der Waals surface area (Å²) in [5, 5.41) is 2.80. The van der Waals surface area contributed by atoms with E-state index in [2.05, 4.69) is 10.0 Å². The van der Waals surface area contributed by atoms with Crippen LogP contribution in [0, 0.1) is 6.92 Å². The summed E-state index contributed by atoms with van der Waals surface area (Å²) in [5.74, 6) is 1.17. The Labute approximate surface area is 174 Å². The zero-order chi connectivity index (χ0) is 21.7. The fourth-order valence-electron chi connectivity index (χ4n) is 2.76. The lowest BCUT2D eigenvalue weighted by molar-refractivity contribution is 0.102. The van der Waals surface area contributed by atoms with E-state index in [1.54, 1.807) is 24.3 Å². The number of anilines is 1. The monoisotopic (exact) mass is 430 g/mol. The number of carbonyl (C=O) groups excluding carboxylic acids is 1. The molecule has 0 fully saturated rings. The molecule has 0 atom stereocenters. The molecule has 0 bridgehead atoms. The average Bonchev–Trinajstić information content (AvgIpc) is 3.27. The smallest absolute Gasteiger partial charge is 0.255 e. The zero-order valence-electron chi connectivity index (χ0n) is 16.8. The second kappa shape index (κ2) is 9.02. The van der Waals surface area contributed by atoms with Crippen LogP contribution in [-0.2, 0) is 16.6 Å². The average molecular weight is 430 g/mol. The number of sulfonamides is 1. The van der Waals surface area contributed by atoms with Gasteiger partial charge in [0.05, 0.1) is 31.9 Å². The zero-order valence-corrected chi connectivity index (χ0v) is 17.6. The minimum Gasteiger partial charge on any atom is -0.493 e. The first-order valence-electron chi connectivity index (χ1n) is 9.00. The normalized spacial score (nSPS) is 11.2. The molecule has 3 rings (SSSR count). The first-order chi connectivity index (χ1) is 14.3. The van der Waals surface area contributed by atoms with E-state index in [4.69, 9.17) is 13.9 Å². The van der Waals surface area contributed by atoms with Crippen LogP contribution in [-0.4, -0.2) is 28.5 Å². The fraction of sp³-hybridized carbons (Fsp3) is 0.190. The van der Waals surface area contributed by atoms with Crippen molar-refractivity contribution in [3.63, 3.8) is 0 Å². The van der Waals surface area contributed by atoms with E-state index in [1.165, 1.54) is 44.7 Å². The highest BCUT2D eigenvalue weighted by Gasteiger charge is 2.16. The minimum atomic E-state index is -3.73. The summed E-state index contributed by atoms with van der Waals surface area (Å²) in [4.78, 5) is 12.7. The van der Waals surface area contributed by atoms with Crippen LogP contribution >= 0.6 is 0 Å². The Bertz CT molecular complexity index is 1120. The van der Waals surface area contributed by atoms with Crippen molar-refractivity contribution in [2.45, 2.75) is 18.4 Å². The quantitative estimate of drug-likeness (QED) is 0.568. The molecule has 9 heteroatoms. The third-order valence-corrected chi connectivity index (χ3v) is 5.84. The molecule has 0 aliphatic rings. The highest BCUT2D eigenvalue weighted by Crippen LogP contribution is 2.33.